The normalized spacial score (nSPS) is 19.3. The Morgan fingerprint density at radius 3 is 2.52 bits per heavy atom. The molecule has 0 radical (unpaired) electrons. The van der Waals surface area contributed by atoms with E-state index >= 15 is 0 Å². The fraction of sp³-hybridized carbons (Fsp3) is 0.333. The molecule has 2 aromatic rings. The fourth-order valence-corrected chi connectivity index (χ4v) is 3.04. The van der Waals surface area contributed by atoms with Crippen LogP contribution in [-0.4, -0.2) is 44.2 Å². The number of likely N-dealkylation sites (N-methyl/N-ethyl adjacent to an activating group) is 1. The highest BCUT2D eigenvalue weighted by atomic mass is 16.5. The van der Waals surface area contributed by atoms with Gasteiger partial charge in [0.15, 0.2) is 0 Å². The van der Waals surface area contributed by atoms with Crippen LogP contribution < -0.4 is 15.5 Å². The maximum Gasteiger partial charge on any atom is 0.244 e. The number of carbonyl (C=O) groups is 2. The highest BCUT2D eigenvalue weighted by Crippen LogP contribution is 2.15. The number of morpholine rings is 1. The zero-order valence-electron chi connectivity index (χ0n) is 15.6. The molecule has 2 N–H and O–H groups in total. The minimum absolute atomic E-state index is 0.00960. The first-order chi connectivity index (χ1) is 13.0. The predicted molar refractivity (Wildman–Crippen MR) is 106 cm³/mol. The lowest BCUT2D eigenvalue weighted by atomic mass is 10.1. The molecular formula is C21H25N3O3. The van der Waals surface area contributed by atoms with E-state index in [2.05, 4.69) is 10.6 Å². The summed E-state index contributed by atoms with van der Waals surface area (Å²) < 4.78 is 5.51. The molecule has 0 spiro atoms. The van der Waals surface area contributed by atoms with Crippen LogP contribution in [0.3, 0.4) is 0 Å². The SMILES string of the molecule is C[C@H]1OCCN[C@@H]1C(=O)Nc1ccc(CC(=O)N(C)c2ccccc2)cc1. The molecule has 1 aliphatic rings. The van der Waals surface area contributed by atoms with Gasteiger partial charge < -0.3 is 20.3 Å². The third-order valence-corrected chi connectivity index (χ3v) is 4.69. The van der Waals surface area contributed by atoms with Crippen molar-refractivity contribution in [1.29, 1.82) is 0 Å². The van der Waals surface area contributed by atoms with E-state index in [0.717, 1.165) is 11.3 Å². The summed E-state index contributed by atoms with van der Waals surface area (Å²) in [5.41, 5.74) is 2.46. The zero-order valence-corrected chi connectivity index (χ0v) is 15.6. The Morgan fingerprint density at radius 1 is 1.15 bits per heavy atom. The largest absolute Gasteiger partial charge is 0.375 e. The molecule has 6 heteroatoms. The fourth-order valence-electron chi connectivity index (χ4n) is 3.04. The third-order valence-electron chi connectivity index (χ3n) is 4.69. The van der Waals surface area contributed by atoms with Gasteiger partial charge in [0.2, 0.25) is 11.8 Å². The van der Waals surface area contributed by atoms with Crippen LogP contribution in [0.25, 0.3) is 0 Å². The van der Waals surface area contributed by atoms with Crippen molar-refractivity contribution < 1.29 is 14.3 Å². The van der Waals surface area contributed by atoms with Gasteiger partial charge in [-0.15, -0.1) is 0 Å². The number of hydrogen-bond acceptors (Lipinski definition) is 4. The summed E-state index contributed by atoms with van der Waals surface area (Å²) in [5, 5.41) is 6.06. The molecule has 0 aliphatic carbocycles. The van der Waals surface area contributed by atoms with Gasteiger partial charge in [0.05, 0.1) is 19.1 Å². The van der Waals surface area contributed by atoms with Gasteiger partial charge >= 0.3 is 0 Å². The molecular weight excluding hydrogens is 342 g/mol. The Balaban J connectivity index is 1.57. The Bertz CT molecular complexity index is 777. The Morgan fingerprint density at radius 2 is 1.85 bits per heavy atom. The Kier molecular flexibility index (Phi) is 6.21. The van der Waals surface area contributed by atoms with Gasteiger partial charge in [0.25, 0.3) is 0 Å². The van der Waals surface area contributed by atoms with Gasteiger partial charge in [-0.05, 0) is 36.8 Å². The molecule has 1 saturated heterocycles. The molecule has 0 unspecified atom stereocenters. The molecule has 2 atom stereocenters. The van der Waals surface area contributed by atoms with Gasteiger partial charge in [-0.2, -0.15) is 0 Å². The summed E-state index contributed by atoms with van der Waals surface area (Å²) in [6.45, 7) is 3.16. The van der Waals surface area contributed by atoms with Crippen LogP contribution in [0.2, 0.25) is 0 Å². The topological polar surface area (TPSA) is 70.7 Å². The van der Waals surface area contributed by atoms with E-state index < -0.39 is 0 Å². The first kappa shape index (κ1) is 19.1. The summed E-state index contributed by atoms with van der Waals surface area (Å²) in [6.07, 6.45) is 0.137. The molecule has 0 bridgehead atoms. The second-order valence-corrected chi connectivity index (χ2v) is 6.66. The number of rotatable bonds is 5. The van der Waals surface area contributed by atoms with E-state index in [9.17, 15) is 9.59 Å². The smallest absolute Gasteiger partial charge is 0.244 e. The van der Waals surface area contributed by atoms with E-state index in [0.29, 0.717) is 25.3 Å². The lowest BCUT2D eigenvalue weighted by Crippen LogP contribution is -2.53. The number of hydrogen-bond donors (Lipinski definition) is 2. The maximum absolute atomic E-state index is 12.5. The number of nitrogens with one attached hydrogen (secondary N) is 2. The lowest BCUT2D eigenvalue weighted by molar-refractivity contribution is -0.123. The van der Waals surface area contributed by atoms with Crippen molar-refractivity contribution in [3.63, 3.8) is 0 Å². The highest BCUT2D eigenvalue weighted by Gasteiger charge is 2.28. The van der Waals surface area contributed by atoms with Crippen LogP contribution in [-0.2, 0) is 20.7 Å². The van der Waals surface area contributed by atoms with Crippen LogP contribution in [0, 0.1) is 0 Å². The molecule has 27 heavy (non-hydrogen) atoms. The number of nitrogens with zero attached hydrogens (tertiary/aromatic N) is 1. The first-order valence-electron chi connectivity index (χ1n) is 9.11. The van der Waals surface area contributed by atoms with Gasteiger partial charge in [0, 0.05) is 25.0 Å². The van der Waals surface area contributed by atoms with Gasteiger partial charge in [0.1, 0.15) is 6.04 Å². The van der Waals surface area contributed by atoms with Gasteiger partial charge in [-0.3, -0.25) is 9.59 Å². The predicted octanol–water partition coefficient (Wildman–Crippen LogP) is 2.21. The van der Waals surface area contributed by atoms with Gasteiger partial charge in [-0.1, -0.05) is 30.3 Å². The summed E-state index contributed by atoms with van der Waals surface area (Å²) in [5.74, 6) is -0.106. The third kappa shape index (κ3) is 4.93. The summed E-state index contributed by atoms with van der Waals surface area (Å²) in [6, 6.07) is 16.5. The molecule has 1 fully saturated rings. The lowest BCUT2D eigenvalue weighted by Gasteiger charge is -2.29. The molecule has 1 heterocycles. The maximum atomic E-state index is 12.5. The van der Waals surface area contributed by atoms with Crippen molar-refractivity contribution >= 4 is 23.2 Å². The second kappa shape index (κ2) is 8.79. The summed E-state index contributed by atoms with van der Waals surface area (Å²) in [7, 11) is 1.77. The molecule has 142 valence electrons. The molecule has 3 rings (SSSR count). The molecule has 2 amide bonds. The van der Waals surface area contributed by atoms with Crippen molar-refractivity contribution in [2.24, 2.45) is 0 Å². The van der Waals surface area contributed by atoms with Gasteiger partial charge in [-0.25, -0.2) is 0 Å². The number of benzene rings is 2. The molecule has 1 aliphatic heterocycles. The second-order valence-electron chi connectivity index (χ2n) is 6.66. The average Bonchev–Trinajstić information content (AvgIpc) is 2.69. The quantitative estimate of drug-likeness (QED) is 0.850. The van der Waals surface area contributed by atoms with Crippen LogP contribution in [0.4, 0.5) is 11.4 Å². The van der Waals surface area contributed by atoms with E-state index in [4.69, 9.17) is 4.74 Å². The highest BCUT2D eigenvalue weighted by molar-refractivity contribution is 5.96. The van der Waals surface area contributed by atoms with Crippen LogP contribution in [0.15, 0.2) is 54.6 Å². The zero-order chi connectivity index (χ0) is 19.2. The van der Waals surface area contributed by atoms with E-state index in [-0.39, 0.29) is 24.0 Å². The molecule has 0 aromatic heterocycles. The van der Waals surface area contributed by atoms with E-state index in [1.807, 2.05) is 61.5 Å². The van der Waals surface area contributed by atoms with Crippen LogP contribution in [0.5, 0.6) is 0 Å². The monoisotopic (exact) mass is 367 g/mol. The minimum Gasteiger partial charge on any atom is -0.375 e. The average molecular weight is 367 g/mol. The number of para-hydroxylation sites is 1. The minimum atomic E-state index is -0.362. The van der Waals surface area contributed by atoms with Crippen molar-refractivity contribution in [3.8, 4) is 0 Å². The van der Waals surface area contributed by atoms with Crippen molar-refractivity contribution in [2.45, 2.75) is 25.5 Å². The standard InChI is InChI=1S/C21H25N3O3/c1-15-20(22-12-13-27-15)21(26)23-17-10-8-16(9-11-17)14-19(25)24(2)18-6-4-3-5-7-18/h3-11,15,20,22H,12-14H2,1-2H3,(H,23,26)/t15-,20+/m1/s1. The van der Waals surface area contributed by atoms with E-state index in [1.54, 1.807) is 11.9 Å². The first-order valence-corrected chi connectivity index (χ1v) is 9.11. The number of carbonyl (C=O) groups excluding carboxylic acids is 2. The molecule has 0 saturated carbocycles. The Hall–Kier alpha value is -2.70. The van der Waals surface area contributed by atoms with Crippen molar-refractivity contribution in [2.75, 3.05) is 30.4 Å². The molecule has 6 nitrogen and oxygen atoms in total. The van der Waals surface area contributed by atoms with Crippen LogP contribution >= 0.6 is 0 Å². The summed E-state index contributed by atoms with van der Waals surface area (Å²) >= 11 is 0. The van der Waals surface area contributed by atoms with Crippen LogP contribution in [0.1, 0.15) is 12.5 Å². The Labute approximate surface area is 159 Å². The number of ether oxygens (including phenoxy) is 1. The molecule has 2 aromatic carbocycles. The number of anilines is 2. The summed E-state index contributed by atoms with van der Waals surface area (Å²) in [4.78, 5) is 26.5. The van der Waals surface area contributed by atoms with E-state index in [1.165, 1.54) is 0 Å². The van der Waals surface area contributed by atoms with Crippen molar-refractivity contribution in [1.82, 2.24) is 5.32 Å². The van der Waals surface area contributed by atoms with Crippen molar-refractivity contribution in [3.05, 3.63) is 60.2 Å². The number of amides is 2.